The van der Waals surface area contributed by atoms with Crippen molar-refractivity contribution in [1.29, 1.82) is 0 Å². The molecular weight excluding hydrogens is 227 g/mol. The molecule has 0 spiro atoms. The Balaban J connectivity index is 2.84. The second kappa shape index (κ2) is 5.10. The number of ether oxygens (including phenoxy) is 1. The highest BCUT2D eigenvalue weighted by Crippen LogP contribution is 2.31. The van der Waals surface area contributed by atoms with Gasteiger partial charge in [0.25, 0.3) is 0 Å². The number of hydrogen-bond acceptors (Lipinski definition) is 3. The monoisotopic (exact) mass is 246 g/mol. The molecule has 0 saturated carbocycles. The van der Waals surface area contributed by atoms with E-state index in [0.717, 1.165) is 0 Å². The number of methoxy groups -OCH3 is 1. The molecule has 0 N–H and O–H groups in total. The summed E-state index contributed by atoms with van der Waals surface area (Å²) in [6.07, 6.45) is 1.92. The van der Waals surface area contributed by atoms with Crippen LogP contribution < -0.4 is 0 Å². The van der Waals surface area contributed by atoms with E-state index in [1.54, 1.807) is 0 Å². The zero-order valence-corrected chi connectivity index (χ0v) is 11.2. The molecule has 0 saturated heterocycles. The van der Waals surface area contributed by atoms with E-state index in [2.05, 4.69) is 4.74 Å². The van der Waals surface area contributed by atoms with Crippen molar-refractivity contribution in [1.82, 2.24) is 0 Å². The third kappa shape index (κ3) is 3.42. The number of carbonyl (C=O) groups excluding carboxylic acids is 1. The lowest BCUT2D eigenvalue weighted by Crippen LogP contribution is -2.41. The van der Waals surface area contributed by atoms with Crippen LogP contribution in [0.15, 0.2) is 11.9 Å². The van der Waals surface area contributed by atoms with Gasteiger partial charge in [-0.1, -0.05) is 6.08 Å². The summed E-state index contributed by atoms with van der Waals surface area (Å²) in [7, 11) is -0.552. The van der Waals surface area contributed by atoms with Crippen molar-refractivity contribution in [2.24, 2.45) is 5.92 Å². The second-order valence-electron chi connectivity index (χ2n) is 4.95. The first-order chi connectivity index (χ1) is 7.35. The summed E-state index contributed by atoms with van der Waals surface area (Å²) >= 11 is 0. The summed E-state index contributed by atoms with van der Waals surface area (Å²) in [5.74, 6) is -1.21. The van der Waals surface area contributed by atoms with Gasteiger partial charge in [0.2, 0.25) is 0 Å². The van der Waals surface area contributed by atoms with Gasteiger partial charge in [0.15, 0.2) is 8.32 Å². The summed E-state index contributed by atoms with van der Waals surface area (Å²) in [5.41, 5.74) is 0. The van der Waals surface area contributed by atoms with E-state index in [-0.39, 0.29) is 11.8 Å². The van der Waals surface area contributed by atoms with E-state index >= 15 is 0 Å². The van der Waals surface area contributed by atoms with Crippen molar-refractivity contribution in [2.75, 3.05) is 7.11 Å². The van der Waals surface area contributed by atoms with Gasteiger partial charge in [-0.3, -0.25) is 4.79 Å². The van der Waals surface area contributed by atoms with Gasteiger partial charge in [0.1, 0.15) is 11.9 Å². The predicted octanol–water partition coefficient (Wildman–Crippen LogP) is 2.64. The minimum Gasteiger partial charge on any atom is -0.469 e. The Morgan fingerprint density at radius 1 is 1.50 bits per heavy atom. The molecule has 0 radical (unpaired) electrons. The molecule has 0 aromatic rings. The fourth-order valence-electron chi connectivity index (χ4n) is 1.77. The first-order valence-corrected chi connectivity index (χ1v) is 8.87. The Morgan fingerprint density at radius 3 is 2.62 bits per heavy atom. The Kier molecular flexibility index (Phi) is 4.26. The molecule has 5 heteroatoms. The first kappa shape index (κ1) is 13.4. The molecule has 92 valence electrons. The SMILES string of the molecule is COC(=O)[C@@H]1CCC=C(F)[C@H]1O[Si](C)(C)C. The molecule has 0 aromatic carbocycles. The normalized spacial score (nSPS) is 26.2. The maximum atomic E-state index is 13.7. The van der Waals surface area contributed by atoms with Crippen LogP contribution in [0.3, 0.4) is 0 Å². The third-order valence-electron chi connectivity index (χ3n) is 2.44. The fraction of sp³-hybridized carbons (Fsp3) is 0.727. The van der Waals surface area contributed by atoms with Crippen molar-refractivity contribution < 1.29 is 18.3 Å². The van der Waals surface area contributed by atoms with Crippen molar-refractivity contribution in [3.05, 3.63) is 11.9 Å². The maximum absolute atomic E-state index is 13.7. The van der Waals surface area contributed by atoms with E-state index in [1.165, 1.54) is 13.2 Å². The summed E-state index contributed by atoms with van der Waals surface area (Å²) in [6.45, 7) is 5.93. The van der Waals surface area contributed by atoms with Crippen molar-refractivity contribution in [2.45, 2.75) is 38.6 Å². The lowest BCUT2D eigenvalue weighted by molar-refractivity contribution is -0.149. The molecular formula is C11H19FO3Si. The average Bonchev–Trinajstić information content (AvgIpc) is 2.18. The molecule has 0 heterocycles. The van der Waals surface area contributed by atoms with Crippen LogP contribution in [0.5, 0.6) is 0 Å². The number of carbonyl (C=O) groups is 1. The summed E-state index contributed by atoms with van der Waals surface area (Å²) in [4.78, 5) is 11.5. The van der Waals surface area contributed by atoms with Gasteiger partial charge in [-0.25, -0.2) is 4.39 Å². The first-order valence-electron chi connectivity index (χ1n) is 5.46. The van der Waals surface area contributed by atoms with Crippen LogP contribution in [0.2, 0.25) is 19.6 Å². The lowest BCUT2D eigenvalue weighted by atomic mass is 9.91. The van der Waals surface area contributed by atoms with Crippen molar-refractivity contribution >= 4 is 14.3 Å². The van der Waals surface area contributed by atoms with Gasteiger partial charge in [-0.15, -0.1) is 0 Å². The predicted molar refractivity (Wildman–Crippen MR) is 62.2 cm³/mol. The lowest BCUT2D eigenvalue weighted by Gasteiger charge is -2.32. The maximum Gasteiger partial charge on any atom is 0.311 e. The van der Waals surface area contributed by atoms with E-state index in [0.29, 0.717) is 12.8 Å². The number of allylic oxidation sites excluding steroid dienone is 1. The van der Waals surface area contributed by atoms with Crippen LogP contribution in [-0.2, 0) is 14.0 Å². The van der Waals surface area contributed by atoms with Gasteiger partial charge >= 0.3 is 5.97 Å². The van der Waals surface area contributed by atoms with Gasteiger partial charge in [-0.05, 0) is 32.5 Å². The Bertz CT molecular complexity index is 296. The zero-order chi connectivity index (χ0) is 12.3. The van der Waals surface area contributed by atoms with Gasteiger partial charge in [-0.2, -0.15) is 0 Å². The summed E-state index contributed by atoms with van der Waals surface area (Å²) in [5, 5.41) is 0. The summed E-state index contributed by atoms with van der Waals surface area (Å²) < 4.78 is 24.1. The van der Waals surface area contributed by atoms with Crippen molar-refractivity contribution in [3.8, 4) is 0 Å². The number of halogens is 1. The average molecular weight is 246 g/mol. The minimum absolute atomic E-state index is 0.330. The Morgan fingerprint density at radius 2 is 2.12 bits per heavy atom. The van der Waals surface area contributed by atoms with Crippen LogP contribution in [0.25, 0.3) is 0 Å². The quantitative estimate of drug-likeness (QED) is 0.567. The molecule has 3 nitrogen and oxygen atoms in total. The summed E-state index contributed by atoms with van der Waals surface area (Å²) in [6, 6.07) is 0. The number of esters is 1. The molecule has 2 atom stereocenters. The van der Waals surface area contributed by atoms with E-state index < -0.39 is 20.3 Å². The molecule has 0 aliphatic heterocycles. The molecule has 0 bridgehead atoms. The molecule has 0 aromatic heterocycles. The van der Waals surface area contributed by atoms with E-state index in [4.69, 9.17) is 4.43 Å². The minimum atomic E-state index is -1.88. The zero-order valence-electron chi connectivity index (χ0n) is 10.2. The highest BCUT2D eigenvalue weighted by atomic mass is 28.4. The molecule has 16 heavy (non-hydrogen) atoms. The van der Waals surface area contributed by atoms with Gasteiger partial charge < -0.3 is 9.16 Å². The van der Waals surface area contributed by atoms with E-state index in [9.17, 15) is 9.18 Å². The Hall–Kier alpha value is -0.683. The largest absolute Gasteiger partial charge is 0.469 e. The Labute approximate surface area is 96.8 Å². The van der Waals surface area contributed by atoms with Crippen LogP contribution in [-0.4, -0.2) is 27.5 Å². The smallest absolute Gasteiger partial charge is 0.311 e. The van der Waals surface area contributed by atoms with Crippen LogP contribution in [0.4, 0.5) is 4.39 Å². The fourth-order valence-corrected chi connectivity index (χ4v) is 2.81. The van der Waals surface area contributed by atoms with Gasteiger partial charge in [0.05, 0.1) is 13.0 Å². The molecule has 0 unspecified atom stereocenters. The molecule has 1 aliphatic rings. The van der Waals surface area contributed by atoms with Gasteiger partial charge in [0, 0.05) is 0 Å². The van der Waals surface area contributed by atoms with Crippen LogP contribution >= 0.6 is 0 Å². The van der Waals surface area contributed by atoms with Crippen LogP contribution in [0, 0.1) is 5.92 Å². The topological polar surface area (TPSA) is 35.5 Å². The highest BCUT2D eigenvalue weighted by Gasteiger charge is 2.38. The molecule has 1 rings (SSSR count). The van der Waals surface area contributed by atoms with Crippen molar-refractivity contribution in [3.63, 3.8) is 0 Å². The molecule has 0 fully saturated rings. The third-order valence-corrected chi connectivity index (χ3v) is 3.40. The van der Waals surface area contributed by atoms with E-state index in [1.807, 2.05) is 19.6 Å². The standard InChI is InChI=1S/C11H19FO3Si/c1-14-11(13)8-6-5-7-9(12)10(8)15-16(2,3)4/h7-8,10H,5-6H2,1-4H3/t8-,10+/m1/s1. The number of hydrogen-bond donors (Lipinski definition) is 0. The molecule has 1 aliphatic carbocycles. The number of rotatable bonds is 3. The van der Waals surface area contributed by atoms with Crippen LogP contribution in [0.1, 0.15) is 12.8 Å². The second-order valence-corrected chi connectivity index (χ2v) is 9.41. The highest BCUT2D eigenvalue weighted by molar-refractivity contribution is 6.69. The molecule has 0 amide bonds.